The Morgan fingerprint density at radius 1 is 1.10 bits per heavy atom. The van der Waals surface area contributed by atoms with Gasteiger partial charge in [-0.15, -0.1) is 5.59 Å². The van der Waals surface area contributed by atoms with Crippen LogP contribution in [-0.4, -0.2) is 52.0 Å². The van der Waals surface area contributed by atoms with Crippen molar-refractivity contribution >= 4 is 17.9 Å². The van der Waals surface area contributed by atoms with Gasteiger partial charge in [-0.2, -0.15) is 0 Å². The maximum absolute atomic E-state index is 10.8. The van der Waals surface area contributed by atoms with Gasteiger partial charge < -0.3 is 15.3 Å². The maximum atomic E-state index is 10.8. The monoisotopic (exact) mass is 307 g/mol. The number of carbonyl (C=O) groups is 3. The quantitative estimate of drug-likeness (QED) is 0.150. The van der Waals surface area contributed by atoms with E-state index in [2.05, 4.69) is 16.3 Å². The van der Waals surface area contributed by atoms with Gasteiger partial charge in [-0.05, 0) is 12.3 Å². The minimum atomic E-state index is -1.20. The Bertz CT molecular complexity index is 362. The lowest BCUT2D eigenvalue weighted by molar-refractivity contribution is -0.143. The van der Waals surface area contributed by atoms with E-state index in [0.29, 0.717) is 0 Å². The van der Waals surface area contributed by atoms with E-state index in [1.54, 1.807) is 13.8 Å². The lowest BCUT2D eigenvalue weighted by atomic mass is 10.1. The summed E-state index contributed by atoms with van der Waals surface area (Å²) in [6.07, 6.45) is -0.380. The van der Waals surface area contributed by atoms with Crippen molar-refractivity contribution in [3.63, 3.8) is 0 Å². The second-order valence-electron chi connectivity index (χ2n) is 4.62. The molecular formula is C11H21N3O7. The predicted octanol–water partition coefficient (Wildman–Crippen LogP) is -1.01. The molecule has 0 aromatic carbocycles. The number of hydrazine groups is 1. The first-order valence-corrected chi connectivity index (χ1v) is 6.28. The van der Waals surface area contributed by atoms with Crippen molar-refractivity contribution in [3.05, 3.63) is 0 Å². The molecule has 0 fully saturated rings. The molecule has 0 saturated carbocycles. The largest absolute Gasteiger partial charge is 0.481 e. The molecule has 0 bridgehead atoms. The van der Waals surface area contributed by atoms with Crippen molar-refractivity contribution in [1.29, 1.82) is 0 Å². The number of carboxylic acid groups (broad SMARTS) is 3. The maximum Gasteiger partial charge on any atom is 0.322 e. The van der Waals surface area contributed by atoms with E-state index in [0.717, 1.165) is 0 Å². The van der Waals surface area contributed by atoms with Crippen LogP contribution >= 0.6 is 0 Å². The first kappa shape index (κ1) is 19.2. The molecule has 0 heterocycles. The number of carboxylic acids is 3. The molecule has 0 unspecified atom stereocenters. The average Bonchev–Trinajstić information content (AvgIpc) is 2.35. The molecule has 0 aliphatic heterocycles. The topological polar surface area (TPSA) is 157 Å². The van der Waals surface area contributed by atoms with E-state index < -0.39 is 30.0 Å². The highest BCUT2D eigenvalue weighted by atomic mass is 16.7. The van der Waals surface area contributed by atoms with Crippen molar-refractivity contribution in [2.24, 2.45) is 5.92 Å². The molecule has 21 heavy (non-hydrogen) atoms. The summed E-state index contributed by atoms with van der Waals surface area (Å²) >= 11 is 0. The van der Waals surface area contributed by atoms with Gasteiger partial charge in [0.2, 0.25) is 0 Å². The summed E-state index contributed by atoms with van der Waals surface area (Å²) in [5.74, 6) is -3.53. The van der Waals surface area contributed by atoms with Crippen molar-refractivity contribution < 1.29 is 34.5 Å². The van der Waals surface area contributed by atoms with Gasteiger partial charge in [0, 0.05) is 6.42 Å². The van der Waals surface area contributed by atoms with E-state index >= 15 is 0 Å². The van der Waals surface area contributed by atoms with E-state index in [9.17, 15) is 14.4 Å². The number of hydrogen-bond acceptors (Lipinski definition) is 7. The number of aliphatic carboxylic acids is 3. The molecule has 0 aliphatic rings. The van der Waals surface area contributed by atoms with Crippen LogP contribution in [0.2, 0.25) is 0 Å². The molecule has 122 valence electrons. The fourth-order valence-corrected chi connectivity index (χ4v) is 1.38. The van der Waals surface area contributed by atoms with E-state index in [4.69, 9.17) is 20.2 Å². The predicted molar refractivity (Wildman–Crippen MR) is 69.9 cm³/mol. The van der Waals surface area contributed by atoms with Gasteiger partial charge in [-0.1, -0.05) is 13.8 Å². The minimum Gasteiger partial charge on any atom is -0.481 e. The highest BCUT2D eigenvalue weighted by Gasteiger charge is 2.21. The van der Waals surface area contributed by atoms with Crippen molar-refractivity contribution in [3.8, 4) is 0 Å². The molecule has 0 aromatic rings. The second kappa shape index (κ2) is 10.0. The molecule has 6 N–H and O–H groups in total. The van der Waals surface area contributed by atoms with Crippen molar-refractivity contribution in [2.75, 3.05) is 6.73 Å². The van der Waals surface area contributed by atoms with Gasteiger partial charge in [-0.25, -0.2) is 5.43 Å². The lowest BCUT2D eigenvalue weighted by Gasteiger charge is -2.19. The van der Waals surface area contributed by atoms with Crippen molar-refractivity contribution in [1.82, 2.24) is 16.3 Å². The van der Waals surface area contributed by atoms with Crippen LogP contribution < -0.4 is 16.3 Å². The normalized spacial score (nSPS) is 13.9. The molecule has 10 heteroatoms. The molecule has 0 aliphatic carbocycles. The second-order valence-corrected chi connectivity index (χ2v) is 4.62. The zero-order valence-corrected chi connectivity index (χ0v) is 11.8. The zero-order chi connectivity index (χ0) is 16.4. The number of rotatable bonds is 12. The van der Waals surface area contributed by atoms with Gasteiger partial charge in [0.05, 0.1) is 0 Å². The third-order valence-electron chi connectivity index (χ3n) is 2.57. The Balaban J connectivity index is 3.97. The van der Waals surface area contributed by atoms with Gasteiger partial charge in [0.15, 0.2) is 0 Å². The Morgan fingerprint density at radius 3 is 2.14 bits per heavy atom. The molecule has 0 saturated heterocycles. The summed E-state index contributed by atoms with van der Waals surface area (Å²) in [7, 11) is 0. The molecule has 0 radical (unpaired) electrons. The summed E-state index contributed by atoms with van der Waals surface area (Å²) in [5.41, 5.74) is 4.62. The molecule has 0 spiro atoms. The highest BCUT2D eigenvalue weighted by molar-refractivity contribution is 5.75. The van der Waals surface area contributed by atoms with Crippen LogP contribution in [0.25, 0.3) is 0 Å². The molecule has 10 nitrogen and oxygen atoms in total. The van der Waals surface area contributed by atoms with Gasteiger partial charge in [0.1, 0.15) is 18.8 Å². The SMILES string of the molecule is CC(C)[C@H](NNOCN[C@@H](CCC(=O)O)C(=O)O)C(=O)O. The van der Waals surface area contributed by atoms with E-state index in [-0.39, 0.29) is 25.5 Å². The highest BCUT2D eigenvalue weighted by Crippen LogP contribution is 2.00. The van der Waals surface area contributed by atoms with E-state index in [1.165, 1.54) is 0 Å². The summed E-state index contributed by atoms with van der Waals surface area (Å²) < 4.78 is 0. The van der Waals surface area contributed by atoms with Crippen LogP contribution in [0.1, 0.15) is 26.7 Å². The zero-order valence-electron chi connectivity index (χ0n) is 11.8. The smallest absolute Gasteiger partial charge is 0.322 e. The lowest BCUT2D eigenvalue weighted by Crippen LogP contribution is -2.50. The standard InChI is InChI=1S/C11H21N3O7/c1-6(2)9(11(19)20)13-14-21-5-12-7(10(17)18)3-4-8(15)16/h6-7,9,12-14H,3-5H2,1-2H3,(H,15,16)(H,17,18)(H,19,20)/t7-,9-/m0/s1. The van der Waals surface area contributed by atoms with Crippen LogP contribution in [0.4, 0.5) is 0 Å². The molecule has 0 rings (SSSR count). The van der Waals surface area contributed by atoms with Gasteiger partial charge >= 0.3 is 17.9 Å². The Hall–Kier alpha value is -1.75. The van der Waals surface area contributed by atoms with Crippen molar-refractivity contribution in [2.45, 2.75) is 38.8 Å². The first-order valence-electron chi connectivity index (χ1n) is 6.28. The van der Waals surface area contributed by atoms with Crippen LogP contribution in [0.15, 0.2) is 0 Å². The fourth-order valence-electron chi connectivity index (χ4n) is 1.38. The average molecular weight is 307 g/mol. The van der Waals surface area contributed by atoms with Gasteiger partial charge in [-0.3, -0.25) is 24.5 Å². The fraction of sp³-hybridized carbons (Fsp3) is 0.727. The summed E-state index contributed by atoms with van der Waals surface area (Å²) in [4.78, 5) is 36.9. The summed E-state index contributed by atoms with van der Waals surface area (Å²) in [6.45, 7) is 3.17. The molecular weight excluding hydrogens is 286 g/mol. The third-order valence-corrected chi connectivity index (χ3v) is 2.57. The summed E-state index contributed by atoms with van der Waals surface area (Å²) in [6, 6.07) is -1.93. The number of hydrogen-bond donors (Lipinski definition) is 6. The Labute approximate surface area is 121 Å². The summed E-state index contributed by atoms with van der Waals surface area (Å²) in [5, 5.41) is 28.7. The Kier molecular flexibility index (Phi) is 9.21. The molecule has 2 atom stereocenters. The molecule has 0 aromatic heterocycles. The van der Waals surface area contributed by atoms with Crippen LogP contribution in [0, 0.1) is 5.92 Å². The third kappa shape index (κ3) is 8.92. The van der Waals surface area contributed by atoms with Gasteiger partial charge in [0.25, 0.3) is 0 Å². The van der Waals surface area contributed by atoms with E-state index in [1.807, 2.05) is 0 Å². The van der Waals surface area contributed by atoms with Crippen LogP contribution in [0.5, 0.6) is 0 Å². The first-order chi connectivity index (χ1) is 9.75. The Morgan fingerprint density at radius 2 is 1.71 bits per heavy atom. The number of nitrogens with one attached hydrogen (secondary N) is 3. The minimum absolute atomic E-state index is 0.0921. The van der Waals surface area contributed by atoms with Crippen LogP contribution in [-0.2, 0) is 19.2 Å². The molecule has 0 amide bonds. The van der Waals surface area contributed by atoms with Crippen LogP contribution in [0.3, 0.4) is 0 Å².